The van der Waals surface area contributed by atoms with Crippen molar-refractivity contribution in [3.8, 4) is 5.88 Å². The number of ether oxygens (including phenoxy) is 1. The summed E-state index contributed by atoms with van der Waals surface area (Å²) in [6.45, 7) is 1.90. The third kappa shape index (κ3) is 2.63. The molecule has 0 saturated carbocycles. The zero-order chi connectivity index (χ0) is 14.8. The summed E-state index contributed by atoms with van der Waals surface area (Å²) < 4.78 is 33.2. The molecule has 2 heterocycles. The fraction of sp³-hybridized carbons (Fsp3) is 0.400. The number of hydrogen-bond acceptors (Lipinski definition) is 3. The van der Waals surface area contributed by atoms with Gasteiger partial charge in [-0.3, -0.25) is 4.68 Å². The van der Waals surface area contributed by atoms with Gasteiger partial charge in [0, 0.05) is 30.8 Å². The smallest absolute Gasteiger partial charge is 0.264 e. The molecular formula is C15H17F2N3O. The molecule has 0 atom stereocenters. The van der Waals surface area contributed by atoms with Crippen LogP contribution < -0.4 is 10.1 Å². The van der Waals surface area contributed by atoms with E-state index in [-0.39, 0.29) is 5.56 Å². The highest BCUT2D eigenvalue weighted by atomic mass is 19.3. The first-order valence-electron chi connectivity index (χ1n) is 6.90. The molecule has 6 heteroatoms. The van der Waals surface area contributed by atoms with Crippen LogP contribution in [-0.2, 0) is 19.5 Å². The fourth-order valence-electron chi connectivity index (χ4n) is 2.73. The zero-order valence-electron chi connectivity index (χ0n) is 11.8. The molecular weight excluding hydrogens is 276 g/mol. The molecule has 0 fully saturated rings. The molecule has 1 aromatic heterocycles. The van der Waals surface area contributed by atoms with Crippen molar-refractivity contribution in [1.29, 1.82) is 0 Å². The van der Waals surface area contributed by atoms with Crippen LogP contribution in [0.25, 0.3) is 0 Å². The second-order valence-electron chi connectivity index (χ2n) is 5.02. The van der Waals surface area contributed by atoms with Gasteiger partial charge in [-0.05, 0) is 5.56 Å². The van der Waals surface area contributed by atoms with Gasteiger partial charge in [0.15, 0.2) is 0 Å². The van der Waals surface area contributed by atoms with E-state index in [1.807, 2.05) is 0 Å². The molecule has 112 valence electrons. The summed E-state index contributed by atoms with van der Waals surface area (Å²) in [5, 5.41) is 7.68. The third-order valence-corrected chi connectivity index (χ3v) is 3.77. The standard InChI is InChI=1S/C15H17F2N3O/c1-21-15-12-8-18-7-6-13(12)20(19-15)9-10-4-2-3-5-11(10)14(16)17/h2-5,14,18H,6-9H2,1H3. The Morgan fingerprint density at radius 3 is 2.95 bits per heavy atom. The first kappa shape index (κ1) is 14.0. The molecule has 0 unspecified atom stereocenters. The molecule has 0 amide bonds. The number of nitrogens with zero attached hydrogens (tertiary/aromatic N) is 2. The van der Waals surface area contributed by atoms with E-state index in [1.54, 1.807) is 30.0 Å². The van der Waals surface area contributed by atoms with Gasteiger partial charge in [0.2, 0.25) is 5.88 Å². The van der Waals surface area contributed by atoms with Gasteiger partial charge in [0.1, 0.15) is 0 Å². The molecule has 21 heavy (non-hydrogen) atoms. The van der Waals surface area contributed by atoms with E-state index in [9.17, 15) is 8.78 Å². The summed E-state index contributed by atoms with van der Waals surface area (Å²) >= 11 is 0. The molecule has 0 bridgehead atoms. The minimum Gasteiger partial charge on any atom is -0.480 e. The Balaban J connectivity index is 1.97. The second kappa shape index (κ2) is 5.81. The van der Waals surface area contributed by atoms with Crippen molar-refractivity contribution in [2.45, 2.75) is 25.9 Å². The lowest BCUT2D eigenvalue weighted by atomic mass is 10.1. The van der Waals surface area contributed by atoms with Crippen LogP contribution in [0.3, 0.4) is 0 Å². The van der Waals surface area contributed by atoms with Crippen LogP contribution in [0.15, 0.2) is 24.3 Å². The maximum atomic E-state index is 13.1. The Labute approximate surface area is 121 Å². The number of aromatic nitrogens is 2. The van der Waals surface area contributed by atoms with E-state index in [2.05, 4.69) is 10.4 Å². The third-order valence-electron chi connectivity index (χ3n) is 3.77. The Hall–Kier alpha value is -1.95. The van der Waals surface area contributed by atoms with Crippen molar-refractivity contribution in [1.82, 2.24) is 15.1 Å². The lowest BCUT2D eigenvalue weighted by molar-refractivity contribution is 0.150. The first-order valence-corrected chi connectivity index (χ1v) is 6.90. The topological polar surface area (TPSA) is 39.1 Å². The minimum atomic E-state index is -2.48. The van der Waals surface area contributed by atoms with Crippen LogP contribution in [0.1, 0.15) is 28.8 Å². The minimum absolute atomic E-state index is 0.0645. The van der Waals surface area contributed by atoms with Crippen LogP contribution in [0, 0.1) is 0 Å². The number of nitrogens with one attached hydrogen (secondary N) is 1. The van der Waals surface area contributed by atoms with Crippen molar-refractivity contribution in [2.75, 3.05) is 13.7 Å². The van der Waals surface area contributed by atoms with Gasteiger partial charge in [-0.15, -0.1) is 5.10 Å². The molecule has 1 aromatic carbocycles. The zero-order valence-corrected chi connectivity index (χ0v) is 11.8. The molecule has 4 nitrogen and oxygen atoms in total. The quantitative estimate of drug-likeness (QED) is 0.941. The van der Waals surface area contributed by atoms with Crippen LogP contribution in [-0.4, -0.2) is 23.4 Å². The lowest BCUT2D eigenvalue weighted by Crippen LogP contribution is -2.25. The molecule has 0 saturated heterocycles. The predicted octanol–water partition coefficient (Wildman–Crippen LogP) is 2.52. The highest BCUT2D eigenvalue weighted by molar-refractivity contribution is 5.35. The van der Waals surface area contributed by atoms with Gasteiger partial charge in [-0.25, -0.2) is 8.78 Å². The van der Waals surface area contributed by atoms with E-state index in [4.69, 9.17) is 4.74 Å². The molecule has 3 rings (SSSR count). The largest absolute Gasteiger partial charge is 0.480 e. The molecule has 1 aliphatic heterocycles. The molecule has 1 N–H and O–H groups in total. The van der Waals surface area contributed by atoms with Gasteiger partial charge in [-0.2, -0.15) is 0 Å². The lowest BCUT2D eigenvalue weighted by Gasteiger charge is -2.16. The Bertz CT molecular complexity index is 640. The van der Waals surface area contributed by atoms with Crippen LogP contribution >= 0.6 is 0 Å². The van der Waals surface area contributed by atoms with E-state index in [0.717, 1.165) is 24.2 Å². The number of hydrogen-bond donors (Lipinski definition) is 1. The van der Waals surface area contributed by atoms with Crippen molar-refractivity contribution in [3.63, 3.8) is 0 Å². The SMILES string of the molecule is COc1nn(Cc2ccccc2C(F)F)c2c1CNCC2. The van der Waals surface area contributed by atoms with Crippen molar-refractivity contribution < 1.29 is 13.5 Å². The number of benzene rings is 1. The normalized spacial score (nSPS) is 14.3. The maximum Gasteiger partial charge on any atom is 0.264 e. The number of rotatable bonds is 4. The number of halogens is 2. The number of alkyl halides is 2. The van der Waals surface area contributed by atoms with E-state index < -0.39 is 6.43 Å². The van der Waals surface area contributed by atoms with Gasteiger partial charge >= 0.3 is 0 Å². The summed E-state index contributed by atoms with van der Waals surface area (Å²) in [5.74, 6) is 0.576. The van der Waals surface area contributed by atoms with E-state index >= 15 is 0 Å². The highest BCUT2D eigenvalue weighted by Gasteiger charge is 2.22. The summed E-state index contributed by atoms with van der Waals surface area (Å²) in [6.07, 6.45) is -1.65. The Kier molecular flexibility index (Phi) is 3.88. The summed E-state index contributed by atoms with van der Waals surface area (Å²) in [5.41, 5.74) is 2.75. The average molecular weight is 293 g/mol. The number of fused-ring (bicyclic) bond motifs is 1. The Morgan fingerprint density at radius 2 is 2.19 bits per heavy atom. The predicted molar refractivity (Wildman–Crippen MR) is 74.7 cm³/mol. The van der Waals surface area contributed by atoms with Gasteiger partial charge < -0.3 is 10.1 Å². The van der Waals surface area contributed by atoms with Gasteiger partial charge in [0.05, 0.1) is 19.2 Å². The van der Waals surface area contributed by atoms with E-state index in [0.29, 0.717) is 24.5 Å². The van der Waals surface area contributed by atoms with Crippen LogP contribution in [0.4, 0.5) is 8.78 Å². The first-order chi connectivity index (χ1) is 10.2. The van der Waals surface area contributed by atoms with Crippen molar-refractivity contribution >= 4 is 0 Å². The van der Waals surface area contributed by atoms with E-state index in [1.165, 1.54) is 6.07 Å². The summed E-state index contributed by atoms with van der Waals surface area (Å²) in [4.78, 5) is 0. The van der Waals surface area contributed by atoms with Gasteiger partial charge in [-0.1, -0.05) is 24.3 Å². The van der Waals surface area contributed by atoms with Crippen molar-refractivity contribution in [3.05, 3.63) is 46.6 Å². The number of methoxy groups -OCH3 is 1. The van der Waals surface area contributed by atoms with Crippen LogP contribution in [0.2, 0.25) is 0 Å². The Morgan fingerprint density at radius 1 is 1.38 bits per heavy atom. The molecule has 0 radical (unpaired) electrons. The second-order valence-corrected chi connectivity index (χ2v) is 5.02. The maximum absolute atomic E-state index is 13.1. The monoisotopic (exact) mass is 293 g/mol. The summed E-state index contributed by atoms with van der Waals surface area (Å²) in [7, 11) is 1.58. The molecule has 1 aliphatic rings. The molecule has 2 aromatic rings. The van der Waals surface area contributed by atoms with Crippen molar-refractivity contribution in [2.24, 2.45) is 0 Å². The molecule has 0 aliphatic carbocycles. The highest BCUT2D eigenvalue weighted by Crippen LogP contribution is 2.27. The molecule has 0 spiro atoms. The fourth-order valence-corrected chi connectivity index (χ4v) is 2.73. The van der Waals surface area contributed by atoms with Gasteiger partial charge in [0.25, 0.3) is 6.43 Å². The average Bonchev–Trinajstić information content (AvgIpc) is 2.86. The van der Waals surface area contributed by atoms with Crippen LogP contribution in [0.5, 0.6) is 5.88 Å². The summed E-state index contributed by atoms with van der Waals surface area (Å²) in [6, 6.07) is 6.60.